The lowest BCUT2D eigenvalue weighted by molar-refractivity contribution is 0.206. The van der Waals surface area contributed by atoms with Gasteiger partial charge in [0.05, 0.1) is 0 Å². The van der Waals surface area contributed by atoms with Crippen molar-refractivity contribution < 1.29 is 8.78 Å². The maximum atomic E-state index is 13.8. The first kappa shape index (κ1) is 17.1. The minimum Gasteiger partial charge on any atom is -0.323 e. The maximum absolute atomic E-state index is 13.8. The van der Waals surface area contributed by atoms with Gasteiger partial charge in [-0.25, -0.2) is 8.78 Å². The van der Waals surface area contributed by atoms with Crippen LogP contribution in [0.2, 0.25) is 0 Å². The van der Waals surface area contributed by atoms with Gasteiger partial charge in [-0.1, -0.05) is 39.8 Å². The molecule has 4 heteroatoms. The minimum absolute atomic E-state index is 0.252. The van der Waals surface area contributed by atoms with E-state index in [0.717, 1.165) is 19.2 Å². The fourth-order valence-electron chi connectivity index (χ4n) is 2.44. The zero-order chi connectivity index (χ0) is 15.3. The van der Waals surface area contributed by atoms with Crippen LogP contribution in [-0.2, 0) is 0 Å². The van der Waals surface area contributed by atoms with Gasteiger partial charge in [0.2, 0.25) is 0 Å². The molecule has 1 unspecified atom stereocenters. The van der Waals surface area contributed by atoms with Gasteiger partial charge < -0.3 is 10.6 Å². The molecule has 114 valence electrons. The van der Waals surface area contributed by atoms with E-state index in [9.17, 15) is 8.78 Å². The molecule has 0 saturated carbocycles. The van der Waals surface area contributed by atoms with Crippen LogP contribution in [0.1, 0.15) is 39.3 Å². The van der Waals surface area contributed by atoms with Crippen molar-refractivity contribution in [2.45, 2.75) is 33.7 Å². The van der Waals surface area contributed by atoms with Crippen LogP contribution < -0.4 is 5.73 Å². The molecule has 0 amide bonds. The summed E-state index contributed by atoms with van der Waals surface area (Å²) in [6.45, 7) is 10.9. The van der Waals surface area contributed by atoms with Crippen molar-refractivity contribution in [2.24, 2.45) is 17.6 Å². The Morgan fingerprint density at radius 1 is 1.00 bits per heavy atom. The molecule has 1 atom stereocenters. The summed E-state index contributed by atoms with van der Waals surface area (Å²) in [5.74, 6) is -0.636. The van der Waals surface area contributed by atoms with Gasteiger partial charge in [-0.2, -0.15) is 0 Å². The lowest BCUT2D eigenvalue weighted by atomic mass is 10.0. The lowest BCUT2D eigenvalue weighted by Crippen LogP contribution is -2.37. The van der Waals surface area contributed by atoms with E-state index in [4.69, 9.17) is 5.73 Å². The average molecular weight is 284 g/mol. The Hall–Kier alpha value is -1.00. The highest BCUT2D eigenvalue weighted by Gasteiger charge is 2.19. The van der Waals surface area contributed by atoms with Gasteiger partial charge in [0.1, 0.15) is 0 Å². The molecule has 0 bridgehead atoms. The summed E-state index contributed by atoms with van der Waals surface area (Å²) in [7, 11) is 0. The van der Waals surface area contributed by atoms with Crippen molar-refractivity contribution in [3.63, 3.8) is 0 Å². The lowest BCUT2D eigenvalue weighted by Gasteiger charge is -2.29. The van der Waals surface area contributed by atoms with Crippen LogP contribution in [0.3, 0.4) is 0 Å². The van der Waals surface area contributed by atoms with E-state index in [1.165, 1.54) is 6.07 Å². The topological polar surface area (TPSA) is 29.3 Å². The quantitative estimate of drug-likeness (QED) is 0.829. The second-order valence-corrected chi connectivity index (χ2v) is 6.26. The Kier molecular flexibility index (Phi) is 6.56. The molecule has 0 aliphatic heterocycles. The average Bonchev–Trinajstić information content (AvgIpc) is 2.30. The molecule has 2 N–H and O–H groups in total. The third-order valence-electron chi connectivity index (χ3n) is 3.08. The molecule has 1 aromatic rings. The van der Waals surface area contributed by atoms with E-state index in [1.54, 1.807) is 6.07 Å². The smallest absolute Gasteiger partial charge is 0.163 e. The van der Waals surface area contributed by atoms with Crippen molar-refractivity contribution in [2.75, 3.05) is 19.6 Å². The molecule has 0 aliphatic rings. The van der Waals surface area contributed by atoms with Gasteiger partial charge >= 0.3 is 0 Å². The molecule has 0 aromatic heterocycles. The molecule has 0 spiro atoms. The Labute approximate surface area is 121 Å². The normalized spacial score (nSPS) is 13.5. The zero-order valence-electron chi connectivity index (χ0n) is 12.9. The standard InChI is InChI=1S/C16H26F2N2/c1-11(2)8-20(9-12(3)4)10-15(19)13-6-5-7-14(17)16(13)18/h5-7,11-12,15H,8-10,19H2,1-4H3. The molecule has 0 radical (unpaired) electrons. The molecule has 1 rings (SSSR count). The van der Waals surface area contributed by atoms with Gasteiger partial charge in [0.25, 0.3) is 0 Å². The number of halogens is 2. The van der Waals surface area contributed by atoms with Crippen LogP contribution in [-0.4, -0.2) is 24.5 Å². The number of hydrogen-bond acceptors (Lipinski definition) is 2. The highest BCUT2D eigenvalue weighted by molar-refractivity contribution is 5.22. The summed E-state index contributed by atoms with van der Waals surface area (Å²) >= 11 is 0. The number of nitrogens with two attached hydrogens (primary N) is 1. The van der Waals surface area contributed by atoms with Crippen molar-refractivity contribution >= 4 is 0 Å². The van der Waals surface area contributed by atoms with Gasteiger partial charge in [0, 0.05) is 31.2 Å². The van der Waals surface area contributed by atoms with E-state index in [0.29, 0.717) is 18.4 Å². The third-order valence-corrected chi connectivity index (χ3v) is 3.08. The van der Waals surface area contributed by atoms with Crippen LogP contribution >= 0.6 is 0 Å². The Balaban J connectivity index is 2.78. The van der Waals surface area contributed by atoms with Crippen molar-refractivity contribution in [3.8, 4) is 0 Å². The first-order valence-corrected chi connectivity index (χ1v) is 7.23. The second kappa shape index (κ2) is 7.70. The summed E-state index contributed by atoms with van der Waals surface area (Å²) in [5, 5.41) is 0. The Morgan fingerprint density at radius 3 is 2.05 bits per heavy atom. The number of nitrogens with zero attached hydrogens (tertiary/aromatic N) is 1. The maximum Gasteiger partial charge on any atom is 0.163 e. The molecule has 2 nitrogen and oxygen atoms in total. The van der Waals surface area contributed by atoms with Crippen LogP contribution in [0, 0.1) is 23.5 Å². The largest absolute Gasteiger partial charge is 0.323 e. The first-order chi connectivity index (χ1) is 9.31. The molecule has 0 heterocycles. The van der Waals surface area contributed by atoms with Gasteiger partial charge in [-0.05, 0) is 17.9 Å². The van der Waals surface area contributed by atoms with Crippen LogP contribution in [0.4, 0.5) is 8.78 Å². The van der Waals surface area contributed by atoms with Crippen LogP contribution in [0.5, 0.6) is 0 Å². The van der Waals surface area contributed by atoms with Crippen LogP contribution in [0.25, 0.3) is 0 Å². The molecule has 0 aliphatic carbocycles. The van der Waals surface area contributed by atoms with E-state index in [1.807, 2.05) is 0 Å². The summed E-state index contributed by atoms with van der Waals surface area (Å²) in [4.78, 5) is 2.23. The zero-order valence-corrected chi connectivity index (χ0v) is 12.9. The highest BCUT2D eigenvalue weighted by Crippen LogP contribution is 2.19. The first-order valence-electron chi connectivity index (χ1n) is 7.23. The monoisotopic (exact) mass is 284 g/mol. The van der Waals surface area contributed by atoms with Crippen molar-refractivity contribution in [1.82, 2.24) is 4.90 Å². The second-order valence-electron chi connectivity index (χ2n) is 6.26. The Morgan fingerprint density at radius 2 is 1.55 bits per heavy atom. The predicted molar refractivity (Wildman–Crippen MR) is 79.4 cm³/mol. The highest BCUT2D eigenvalue weighted by atomic mass is 19.2. The third kappa shape index (κ3) is 5.17. The summed E-state index contributed by atoms with van der Waals surface area (Å²) in [6, 6.07) is 3.67. The van der Waals surface area contributed by atoms with E-state index < -0.39 is 17.7 Å². The molecular formula is C16H26F2N2. The number of rotatable bonds is 7. The van der Waals surface area contributed by atoms with Crippen molar-refractivity contribution in [3.05, 3.63) is 35.4 Å². The molecule has 0 saturated heterocycles. The SMILES string of the molecule is CC(C)CN(CC(C)C)CC(N)c1cccc(F)c1F. The number of hydrogen-bond donors (Lipinski definition) is 1. The van der Waals surface area contributed by atoms with Gasteiger partial charge in [0.15, 0.2) is 11.6 Å². The molecule has 1 aromatic carbocycles. The van der Waals surface area contributed by atoms with Gasteiger partial charge in [-0.15, -0.1) is 0 Å². The molecular weight excluding hydrogens is 258 g/mol. The summed E-state index contributed by atoms with van der Waals surface area (Å²) < 4.78 is 27.0. The van der Waals surface area contributed by atoms with E-state index in [2.05, 4.69) is 32.6 Å². The van der Waals surface area contributed by atoms with Crippen molar-refractivity contribution in [1.29, 1.82) is 0 Å². The van der Waals surface area contributed by atoms with E-state index >= 15 is 0 Å². The minimum atomic E-state index is -0.836. The van der Waals surface area contributed by atoms with Crippen LogP contribution in [0.15, 0.2) is 18.2 Å². The Bertz CT molecular complexity index is 409. The van der Waals surface area contributed by atoms with Gasteiger partial charge in [-0.3, -0.25) is 0 Å². The summed E-state index contributed by atoms with van der Waals surface area (Å²) in [5.41, 5.74) is 6.32. The predicted octanol–water partition coefficient (Wildman–Crippen LogP) is 3.58. The molecule has 20 heavy (non-hydrogen) atoms. The molecule has 0 fully saturated rings. The number of benzene rings is 1. The fraction of sp³-hybridized carbons (Fsp3) is 0.625. The fourth-order valence-corrected chi connectivity index (χ4v) is 2.44. The summed E-state index contributed by atoms with van der Waals surface area (Å²) in [6.07, 6.45) is 0. The van der Waals surface area contributed by atoms with E-state index in [-0.39, 0.29) is 5.56 Å².